The van der Waals surface area contributed by atoms with Crippen molar-refractivity contribution in [2.75, 3.05) is 13.1 Å². The van der Waals surface area contributed by atoms with E-state index in [9.17, 15) is 9.90 Å². The molecule has 2 heterocycles. The van der Waals surface area contributed by atoms with E-state index in [-0.39, 0.29) is 24.0 Å². The molecule has 1 saturated heterocycles. The van der Waals surface area contributed by atoms with Crippen LogP contribution in [0.15, 0.2) is 46.9 Å². The molecule has 2 N–H and O–H groups in total. The van der Waals surface area contributed by atoms with Crippen LogP contribution in [0.5, 0.6) is 0 Å². The molecule has 1 aliphatic heterocycles. The van der Waals surface area contributed by atoms with Gasteiger partial charge in [-0.25, -0.2) is 0 Å². The summed E-state index contributed by atoms with van der Waals surface area (Å²) in [6, 6.07) is 13.5. The SMILES string of the molecule is O=C(N[C@H](c1ccccc1)C1CC(O)C1)c1ccc(CN2CCCC2)o1. The average Bonchev–Trinajstić information content (AvgIpc) is 3.30. The van der Waals surface area contributed by atoms with Crippen molar-refractivity contribution in [3.63, 3.8) is 0 Å². The van der Waals surface area contributed by atoms with Crippen LogP contribution in [-0.2, 0) is 6.54 Å². The maximum atomic E-state index is 12.7. The monoisotopic (exact) mass is 354 g/mol. The smallest absolute Gasteiger partial charge is 0.287 e. The normalized spacial score (nSPS) is 24.2. The number of nitrogens with one attached hydrogen (secondary N) is 1. The summed E-state index contributed by atoms with van der Waals surface area (Å²) in [5.41, 5.74) is 1.07. The fourth-order valence-electron chi connectivity index (χ4n) is 3.99. The Balaban J connectivity index is 1.43. The lowest BCUT2D eigenvalue weighted by Gasteiger charge is -2.38. The van der Waals surface area contributed by atoms with Gasteiger partial charge in [0.1, 0.15) is 5.76 Å². The van der Waals surface area contributed by atoms with Gasteiger partial charge < -0.3 is 14.8 Å². The van der Waals surface area contributed by atoms with E-state index in [4.69, 9.17) is 4.42 Å². The van der Waals surface area contributed by atoms with Crippen molar-refractivity contribution in [2.24, 2.45) is 5.92 Å². The zero-order valence-corrected chi connectivity index (χ0v) is 14.9. The summed E-state index contributed by atoms with van der Waals surface area (Å²) in [6.07, 6.45) is 3.66. The van der Waals surface area contributed by atoms with Crippen molar-refractivity contribution in [3.8, 4) is 0 Å². The highest BCUT2D eigenvalue weighted by atomic mass is 16.4. The van der Waals surface area contributed by atoms with Crippen LogP contribution in [0.1, 0.15) is 53.6 Å². The number of rotatable bonds is 6. The van der Waals surface area contributed by atoms with Crippen LogP contribution >= 0.6 is 0 Å². The topological polar surface area (TPSA) is 65.7 Å². The number of aliphatic hydroxyl groups is 1. The first-order valence-corrected chi connectivity index (χ1v) is 9.54. The number of carbonyl (C=O) groups is 1. The molecule has 1 aliphatic carbocycles. The minimum Gasteiger partial charge on any atom is -0.455 e. The van der Waals surface area contributed by atoms with Gasteiger partial charge in [-0.1, -0.05) is 30.3 Å². The number of hydrogen-bond acceptors (Lipinski definition) is 4. The molecule has 2 aliphatic rings. The molecule has 5 nitrogen and oxygen atoms in total. The molecule has 2 aromatic rings. The van der Waals surface area contributed by atoms with E-state index in [2.05, 4.69) is 10.2 Å². The molecule has 5 heteroatoms. The number of benzene rings is 1. The number of nitrogens with zero attached hydrogens (tertiary/aromatic N) is 1. The third kappa shape index (κ3) is 3.84. The number of likely N-dealkylation sites (tertiary alicyclic amines) is 1. The van der Waals surface area contributed by atoms with Crippen LogP contribution in [0.4, 0.5) is 0 Å². The van der Waals surface area contributed by atoms with E-state index in [0.717, 1.165) is 43.8 Å². The van der Waals surface area contributed by atoms with Crippen LogP contribution in [0.3, 0.4) is 0 Å². The molecule has 1 saturated carbocycles. The van der Waals surface area contributed by atoms with Crippen molar-refractivity contribution >= 4 is 5.91 Å². The van der Waals surface area contributed by atoms with E-state index in [1.54, 1.807) is 6.07 Å². The first-order valence-electron chi connectivity index (χ1n) is 9.54. The van der Waals surface area contributed by atoms with Gasteiger partial charge in [0, 0.05) is 0 Å². The molecule has 1 amide bonds. The van der Waals surface area contributed by atoms with Gasteiger partial charge >= 0.3 is 0 Å². The molecule has 0 bridgehead atoms. The van der Waals surface area contributed by atoms with Crippen LogP contribution in [0.25, 0.3) is 0 Å². The predicted octanol–water partition coefficient (Wildman–Crippen LogP) is 3.12. The molecule has 4 rings (SSSR count). The summed E-state index contributed by atoms with van der Waals surface area (Å²) in [4.78, 5) is 15.1. The Morgan fingerprint density at radius 2 is 1.88 bits per heavy atom. The van der Waals surface area contributed by atoms with Gasteiger partial charge in [-0.15, -0.1) is 0 Å². The number of aliphatic hydroxyl groups excluding tert-OH is 1. The largest absolute Gasteiger partial charge is 0.455 e. The summed E-state index contributed by atoms with van der Waals surface area (Å²) in [7, 11) is 0. The molecule has 2 fully saturated rings. The highest BCUT2D eigenvalue weighted by Gasteiger charge is 2.36. The molecule has 26 heavy (non-hydrogen) atoms. The van der Waals surface area contributed by atoms with Crippen molar-refractivity contribution in [2.45, 2.75) is 44.4 Å². The van der Waals surface area contributed by atoms with Crippen LogP contribution < -0.4 is 5.32 Å². The van der Waals surface area contributed by atoms with Crippen molar-refractivity contribution < 1.29 is 14.3 Å². The molecule has 0 spiro atoms. The van der Waals surface area contributed by atoms with E-state index in [0.29, 0.717) is 5.76 Å². The van der Waals surface area contributed by atoms with E-state index >= 15 is 0 Å². The quantitative estimate of drug-likeness (QED) is 0.836. The Labute approximate surface area is 154 Å². The Morgan fingerprint density at radius 1 is 1.15 bits per heavy atom. The third-order valence-electron chi connectivity index (χ3n) is 5.53. The zero-order chi connectivity index (χ0) is 17.9. The average molecular weight is 354 g/mol. The lowest BCUT2D eigenvalue weighted by molar-refractivity contribution is 0.0232. The maximum Gasteiger partial charge on any atom is 0.287 e. The fourth-order valence-corrected chi connectivity index (χ4v) is 3.99. The minimum absolute atomic E-state index is 0.0979. The van der Waals surface area contributed by atoms with Crippen LogP contribution in [0, 0.1) is 5.92 Å². The van der Waals surface area contributed by atoms with Gasteiger partial charge in [0.25, 0.3) is 5.91 Å². The maximum absolute atomic E-state index is 12.7. The summed E-state index contributed by atoms with van der Waals surface area (Å²) in [5.74, 6) is 1.27. The molecular formula is C21H26N2O3. The highest BCUT2D eigenvalue weighted by molar-refractivity contribution is 5.91. The van der Waals surface area contributed by atoms with Crippen LogP contribution in [0.2, 0.25) is 0 Å². The third-order valence-corrected chi connectivity index (χ3v) is 5.53. The molecular weight excluding hydrogens is 328 g/mol. The van der Waals surface area contributed by atoms with Gasteiger partial charge in [0.05, 0.1) is 18.7 Å². The standard InChI is InChI=1S/C21H26N2O3/c24-17-12-16(13-17)20(15-6-2-1-3-7-15)22-21(25)19-9-8-18(26-19)14-23-10-4-5-11-23/h1-3,6-9,16-17,20,24H,4-5,10-14H2,(H,22,25)/t16?,17?,20-/m1/s1. The Kier molecular flexibility index (Phi) is 5.09. The van der Waals surface area contributed by atoms with Crippen LogP contribution in [-0.4, -0.2) is 35.1 Å². The van der Waals surface area contributed by atoms with Crippen molar-refractivity contribution in [1.29, 1.82) is 0 Å². The minimum atomic E-state index is -0.251. The number of hydrogen-bond donors (Lipinski definition) is 2. The number of amides is 1. The lowest BCUT2D eigenvalue weighted by Crippen LogP contribution is -2.41. The summed E-state index contributed by atoms with van der Waals surface area (Å²) in [6.45, 7) is 2.97. The van der Waals surface area contributed by atoms with Crippen molar-refractivity contribution in [1.82, 2.24) is 10.2 Å². The van der Waals surface area contributed by atoms with Gasteiger partial charge in [-0.2, -0.15) is 0 Å². The van der Waals surface area contributed by atoms with E-state index in [1.807, 2.05) is 36.4 Å². The molecule has 1 aromatic carbocycles. The Hall–Kier alpha value is -2.11. The Bertz CT molecular complexity index is 731. The second-order valence-electron chi connectivity index (χ2n) is 7.50. The van der Waals surface area contributed by atoms with Gasteiger partial charge in [0.15, 0.2) is 5.76 Å². The molecule has 0 unspecified atom stereocenters. The molecule has 0 radical (unpaired) electrons. The first kappa shape index (κ1) is 17.3. The zero-order valence-electron chi connectivity index (χ0n) is 14.9. The highest BCUT2D eigenvalue weighted by Crippen LogP contribution is 2.38. The summed E-state index contributed by atoms with van der Waals surface area (Å²) < 4.78 is 5.79. The first-order chi connectivity index (χ1) is 12.7. The number of furan rings is 1. The molecule has 1 aromatic heterocycles. The second kappa shape index (κ2) is 7.64. The van der Waals surface area contributed by atoms with E-state index in [1.165, 1.54) is 12.8 Å². The van der Waals surface area contributed by atoms with Crippen molar-refractivity contribution in [3.05, 3.63) is 59.5 Å². The second-order valence-corrected chi connectivity index (χ2v) is 7.50. The van der Waals surface area contributed by atoms with Gasteiger partial charge in [-0.3, -0.25) is 9.69 Å². The fraction of sp³-hybridized carbons (Fsp3) is 0.476. The lowest BCUT2D eigenvalue weighted by atomic mass is 9.75. The van der Waals surface area contributed by atoms with Gasteiger partial charge in [0.2, 0.25) is 0 Å². The summed E-state index contributed by atoms with van der Waals surface area (Å²) in [5, 5.41) is 12.8. The number of carbonyl (C=O) groups excluding carboxylic acids is 1. The van der Waals surface area contributed by atoms with Gasteiger partial charge in [-0.05, 0) is 62.4 Å². The Morgan fingerprint density at radius 3 is 2.58 bits per heavy atom. The summed E-state index contributed by atoms with van der Waals surface area (Å²) >= 11 is 0. The van der Waals surface area contributed by atoms with E-state index < -0.39 is 0 Å². The molecule has 138 valence electrons. The molecule has 1 atom stereocenters. The predicted molar refractivity (Wildman–Crippen MR) is 98.6 cm³/mol.